The van der Waals surface area contributed by atoms with E-state index in [0.29, 0.717) is 35.6 Å². The summed E-state index contributed by atoms with van der Waals surface area (Å²) in [5.74, 6) is 0.385. The predicted octanol–water partition coefficient (Wildman–Crippen LogP) is 2.49. The lowest BCUT2D eigenvalue weighted by atomic mass is 9.89. The van der Waals surface area contributed by atoms with E-state index in [-0.39, 0.29) is 49.4 Å². The van der Waals surface area contributed by atoms with Crippen LogP contribution >= 0.6 is 0 Å². The molecule has 2 N–H and O–H groups in total. The van der Waals surface area contributed by atoms with Crippen molar-refractivity contribution in [3.63, 3.8) is 0 Å². The maximum absolute atomic E-state index is 13.2. The number of carbonyl (C=O) groups is 1. The average Bonchev–Trinajstić information content (AvgIpc) is 3.54. The Morgan fingerprint density at radius 2 is 1.88 bits per heavy atom. The third kappa shape index (κ3) is 5.07. The van der Waals surface area contributed by atoms with Gasteiger partial charge in [-0.15, -0.1) is 0 Å². The van der Waals surface area contributed by atoms with Crippen LogP contribution in [0.3, 0.4) is 0 Å². The fourth-order valence-corrected chi connectivity index (χ4v) is 7.46. The minimum absolute atomic E-state index is 0.00209. The number of anilines is 2. The second kappa shape index (κ2) is 10.5. The molecular formula is C28H32N8O4S. The van der Waals surface area contributed by atoms with Gasteiger partial charge in [-0.1, -0.05) is 0 Å². The van der Waals surface area contributed by atoms with Crippen LogP contribution in [0.4, 0.5) is 11.6 Å². The van der Waals surface area contributed by atoms with Crippen LogP contribution in [0.5, 0.6) is 0 Å². The molecule has 3 aliphatic rings. The summed E-state index contributed by atoms with van der Waals surface area (Å²) in [6, 6.07) is 11.4. The van der Waals surface area contributed by atoms with E-state index in [1.54, 1.807) is 48.4 Å². The summed E-state index contributed by atoms with van der Waals surface area (Å²) in [4.78, 5) is 24.1. The van der Waals surface area contributed by atoms with E-state index in [1.165, 1.54) is 4.31 Å². The smallest absolute Gasteiger partial charge is 0.254 e. The summed E-state index contributed by atoms with van der Waals surface area (Å²) >= 11 is 0. The van der Waals surface area contributed by atoms with Crippen LogP contribution in [0.25, 0.3) is 11.3 Å². The average molecular weight is 577 g/mol. The van der Waals surface area contributed by atoms with Gasteiger partial charge in [0.15, 0.2) is 0 Å². The normalized spacial score (nSPS) is 23.5. The van der Waals surface area contributed by atoms with E-state index >= 15 is 0 Å². The maximum atomic E-state index is 13.2. The zero-order chi connectivity index (χ0) is 28.8. The first kappa shape index (κ1) is 27.3. The first-order valence-electron chi connectivity index (χ1n) is 13.8. The Kier molecular flexibility index (Phi) is 7.01. The minimum Gasteiger partial charge on any atom is -0.393 e. The van der Waals surface area contributed by atoms with Gasteiger partial charge in [0.25, 0.3) is 5.91 Å². The number of sulfonamides is 1. The van der Waals surface area contributed by atoms with Gasteiger partial charge in [-0.3, -0.25) is 9.48 Å². The number of piperidine rings is 1. The van der Waals surface area contributed by atoms with Gasteiger partial charge in [-0.2, -0.15) is 14.7 Å². The van der Waals surface area contributed by atoms with E-state index in [0.717, 1.165) is 18.5 Å². The van der Waals surface area contributed by atoms with Gasteiger partial charge in [0.05, 0.1) is 36.2 Å². The fourth-order valence-electron chi connectivity index (χ4n) is 6.22. The molecule has 3 atom stereocenters. The zero-order valence-corrected chi connectivity index (χ0v) is 23.5. The third-order valence-electron chi connectivity index (χ3n) is 8.46. The number of aromatic nitrogens is 4. The number of hydrogen-bond donors (Lipinski definition) is 2. The molecule has 41 heavy (non-hydrogen) atoms. The first-order chi connectivity index (χ1) is 19.7. The number of benzene rings is 1. The molecule has 5 heterocycles. The molecule has 0 radical (unpaired) electrons. The lowest BCUT2D eigenvalue weighted by Crippen LogP contribution is -2.64. The highest BCUT2D eigenvalue weighted by Gasteiger charge is 2.49. The van der Waals surface area contributed by atoms with Crippen molar-refractivity contribution >= 4 is 27.6 Å². The number of rotatable bonds is 8. The van der Waals surface area contributed by atoms with Crippen molar-refractivity contribution in [1.82, 2.24) is 29.0 Å². The Bertz CT molecular complexity index is 1580. The van der Waals surface area contributed by atoms with Crippen LogP contribution in [0.2, 0.25) is 0 Å². The lowest BCUT2D eigenvalue weighted by Gasteiger charge is -2.47. The van der Waals surface area contributed by atoms with Gasteiger partial charge in [-0.25, -0.2) is 18.4 Å². The SMILES string of the molecule is CCS(=O)(=O)N1CC(CC#N)(n2cc(-c3ccnc(Nc4ccc(C(=O)N5[C@@H]6CC[C@H]5CC(O)C6)cc4)n3)cn2)C1. The topological polar surface area (TPSA) is 157 Å². The van der Waals surface area contributed by atoms with E-state index in [1.807, 2.05) is 17.0 Å². The molecule has 1 aromatic carbocycles. The molecule has 13 heteroatoms. The monoisotopic (exact) mass is 576 g/mol. The van der Waals surface area contributed by atoms with Crippen molar-refractivity contribution in [2.45, 2.75) is 62.8 Å². The molecule has 12 nitrogen and oxygen atoms in total. The van der Waals surface area contributed by atoms with Crippen LogP contribution < -0.4 is 5.32 Å². The summed E-state index contributed by atoms with van der Waals surface area (Å²) in [7, 11) is -3.33. The molecular weight excluding hydrogens is 544 g/mol. The number of nitrogens with zero attached hydrogens (tertiary/aromatic N) is 7. The van der Waals surface area contributed by atoms with Crippen molar-refractivity contribution in [3.05, 3.63) is 54.5 Å². The number of nitrogens with one attached hydrogen (secondary N) is 1. The molecule has 2 aromatic heterocycles. The Labute approximate surface area is 238 Å². The number of carbonyl (C=O) groups excluding carboxylic acids is 1. The first-order valence-corrected chi connectivity index (χ1v) is 15.4. The lowest BCUT2D eigenvalue weighted by molar-refractivity contribution is 0.0287. The fraction of sp³-hybridized carbons (Fsp3) is 0.464. The molecule has 3 aromatic rings. The largest absolute Gasteiger partial charge is 0.393 e. The molecule has 6 rings (SSSR count). The molecule has 3 saturated heterocycles. The van der Waals surface area contributed by atoms with Gasteiger partial charge in [-0.05, 0) is 62.9 Å². The number of aliphatic hydroxyl groups excluding tert-OH is 1. The summed E-state index contributed by atoms with van der Waals surface area (Å²) in [6.07, 6.45) is 8.06. The minimum atomic E-state index is -3.33. The van der Waals surface area contributed by atoms with E-state index in [4.69, 9.17) is 0 Å². The quantitative estimate of drug-likeness (QED) is 0.411. The zero-order valence-electron chi connectivity index (χ0n) is 22.7. The number of amides is 1. The molecule has 3 fully saturated rings. The molecule has 1 amide bonds. The summed E-state index contributed by atoms with van der Waals surface area (Å²) in [5.41, 5.74) is 1.96. The Morgan fingerprint density at radius 1 is 1.17 bits per heavy atom. The van der Waals surface area contributed by atoms with E-state index in [9.17, 15) is 23.6 Å². The van der Waals surface area contributed by atoms with Gasteiger partial charge < -0.3 is 15.3 Å². The van der Waals surface area contributed by atoms with Gasteiger partial charge in [0, 0.05) is 54.4 Å². The number of fused-ring (bicyclic) bond motifs is 2. The van der Waals surface area contributed by atoms with Crippen LogP contribution in [0.1, 0.15) is 49.4 Å². The van der Waals surface area contributed by atoms with Gasteiger partial charge >= 0.3 is 0 Å². The van der Waals surface area contributed by atoms with Crippen molar-refractivity contribution in [2.24, 2.45) is 0 Å². The predicted molar refractivity (Wildman–Crippen MR) is 150 cm³/mol. The van der Waals surface area contributed by atoms with E-state index < -0.39 is 15.6 Å². The van der Waals surface area contributed by atoms with Crippen molar-refractivity contribution in [3.8, 4) is 17.3 Å². The van der Waals surface area contributed by atoms with Crippen molar-refractivity contribution in [2.75, 3.05) is 24.2 Å². The van der Waals surface area contributed by atoms with Gasteiger partial charge in [0.1, 0.15) is 5.54 Å². The number of hydrogen-bond acceptors (Lipinski definition) is 9. The van der Waals surface area contributed by atoms with Crippen molar-refractivity contribution in [1.29, 1.82) is 5.26 Å². The van der Waals surface area contributed by atoms with Crippen LogP contribution in [-0.4, -0.2) is 85.4 Å². The van der Waals surface area contributed by atoms with Gasteiger partial charge in [0.2, 0.25) is 16.0 Å². The maximum Gasteiger partial charge on any atom is 0.254 e. The highest BCUT2D eigenvalue weighted by molar-refractivity contribution is 7.89. The molecule has 0 spiro atoms. The van der Waals surface area contributed by atoms with Crippen LogP contribution in [-0.2, 0) is 15.6 Å². The Balaban J connectivity index is 1.14. The second-order valence-corrected chi connectivity index (χ2v) is 13.3. The standard InChI is InChI=1S/C28H32N8O4S/c1-2-41(39,40)34-17-28(18-34,10-11-29)35-16-20(15-31-35)25-9-12-30-27(33-25)32-21-5-3-19(4-6-21)26(38)36-22-7-8-23(36)14-24(37)13-22/h3-6,9,12,15-16,22-24,37H,2,7-8,10,13-14,17-18H2,1H3,(H,30,32,33)/t22-,23+,24?. The third-order valence-corrected chi connectivity index (χ3v) is 10.2. The van der Waals surface area contributed by atoms with Crippen LogP contribution in [0, 0.1) is 11.3 Å². The molecule has 1 unspecified atom stereocenters. The Morgan fingerprint density at radius 3 is 2.54 bits per heavy atom. The molecule has 3 aliphatic heterocycles. The highest BCUT2D eigenvalue weighted by atomic mass is 32.2. The summed E-state index contributed by atoms with van der Waals surface area (Å²) < 4.78 is 27.6. The Hall–Kier alpha value is -3.86. The molecule has 0 aliphatic carbocycles. The number of aliphatic hydroxyl groups is 1. The van der Waals surface area contributed by atoms with E-state index in [2.05, 4.69) is 26.5 Å². The summed E-state index contributed by atoms with van der Waals surface area (Å²) in [5, 5.41) is 27.1. The summed E-state index contributed by atoms with van der Waals surface area (Å²) in [6.45, 7) is 2.01. The number of nitriles is 1. The second-order valence-electron chi connectivity index (χ2n) is 11.1. The molecule has 2 bridgehead atoms. The van der Waals surface area contributed by atoms with Crippen LogP contribution in [0.15, 0.2) is 48.9 Å². The van der Waals surface area contributed by atoms with Crippen molar-refractivity contribution < 1.29 is 18.3 Å². The molecule has 214 valence electrons. The highest BCUT2D eigenvalue weighted by Crippen LogP contribution is 2.37. The molecule has 0 saturated carbocycles.